The number of hydrogen-bond donors (Lipinski definition) is 0. The number of imide groups is 1. The Balaban J connectivity index is 2.52. The smallest absolute Gasteiger partial charge is 0.293 e. The zero-order valence-electron chi connectivity index (χ0n) is 14.3. The molecule has 0 saturated carbocycles. The summed E-state index contributed by atoms with van der Waals surface area (Å²) in [6.07, 6.45) is 1.97. The molecule has 1 fully saturated rings. The van der Waals surface area contributed by atoms with Crippen molar-refractivity contribution in [3.05, 3.63) is 32.7 Å². The number of hydrogen-bond acceptors (Lipinski definition) is 7. The average Bonchev–Trinajstić information content (AvgIpc) is 2.87. The molecule has 9 heteroatoms. The Morgan fingerprint density at radius 3 is 2.40 bits per heavy atom. The lowest BCUT2D eigenvalue weighted by atomic mass is 10.1. The maximum Gasteiger partial charge on any atom is 0.293 e. The van der Waals surface area contributed by atoms with Crippen molar-refractivity contribution in [2.75, 3.05) is 14.2 Å². The third kappa shape index (κ3) is 3.60. The van der Waals surface area contributed by atoms with E-state index in [1.54, 1.807) is 6.92 Å². The number of ether oxygens (including phenoxy) is 2. The summed E-state index contributed by atoms with van der Waals surface area (Å²) in [4.78, 5) is 36.6. The number of amides is 2. The Hall–Kier alpha value is -2.55. The van der Waals surface area contributed by atoms with Crippen molar-refractivity contribution in [2.45, 2.75) is 26.3 Å². The maximum absolute atomic E-state index is 12.5. The first-order valence-electron chi connectivity index (χ1n) is 7.51. The van der Waals surface area contributed by atoms with Gasteiger partial charge in [-0.05, 0) is 37.2 Å². The number of nitrogens with zero attached hydrogens (tertiary/aromatic N) is 2. The van der Waals surface area contributed by atoms with Gasteiger partial charge in [-0.1, -0.05) is 6.92 Å². The highest BCUT2D eigenvalue weighted by Gasteiger charge is 2.38. The standard InChI is InChI=1S/C16H18N2O6S/c1-5-9(2)17-15(19)14(25-16(17)20)7-10-6-12(23-3)13(24-4)8-11(10)18(21)22/h6-9H,5H2,1-4H3/b14-7+/t9-/m1/s1. The molecule has 2 rings (SSSR count). The van der Waals surface area contributed by atoms with Crippen molar-refractivity contribution in [3.63, 3.8) is 0 Å². The van der Waals surface area contributed by atoms with Crippen LogP contribution in [0.2, 0.25) is 0 Å². The summed E-state index contributed by atoms with van der Waals surface area (Å²) < 4.78 is 10.2. The minimum Gasteiger partial charge on any atom is -0.493 e. The maximum atomic E-state index is 12.5. The first-order chi connectivity index (χ1) is 11.8. The van der Waals surface area contributed by atoms with Crippen molar-refractivity contribution in [1.29, 1.82) is 0 Å². The highest BCUT2D eigenvalue weighted by Crippen LogP contribution is 2.39. The molecule has 25 heavy (non-hydrogen) atoms. The summed E-state index contributed by atoms with van der Waals surface area (Å²) in [6, 6.07) is 2.40. The van der Waals surface area contributed by atoms with Crippen LogP contribution in [0.5, 0.6) is 11.5 Å². The highest BCUT2D eigenvalue weighted by molar-refractivity contribution is 8.18. The van der Waals surface area contributed by atoms with Crippen LogP contribution in [-0.4, -0.2) is 41.2 Å². The van der Waals surface area contributed by atoms with E-state index in [0.717, 1.165) is 11.8 Å². The molecule has 0 radical (unpaired) electrons. The second kappa shape index (κ2) is 7.56. The quantitative estimate of drug-likeness (QED) is 0.432. The van der Waals surface area contributed by atoms with Gasteiger partial charge in [-0.2, -0.15) is 0 Å². The number of thioether (sulfide) groups is 1. The zero-order valence-corrected chi connectivity index (χ0v) is 15.1. The summed E-state index contributed by atoms with van der Waals surface area (Å²) in [6.45, 7) is 3.65. The van der Waals surface area contributed by atoms with Gasteiger partial charge < -0.3 is 9.47 Å². The molecule has 2 amide bonds. The predicted octanol–water partition coefficient (Wildman–Crippen LogP) is 3.45. The Kier molecular flexibility index (Phi) is 5.68. The average molecular weight is 366 g/mol. The molecule has 1 aliphatic rings. The number of carbonyl (C=O) groups is 2. The van der Waals surface area contributed by atoms with Crippen LogP contribution in [0.25, 0.3) is 6.08 Å². The molecule has 8 nitrogen and oxygen atoms in total. The highest BCUT2D eigenvalue weighted by atomic mass is 32.2. The number of rotatable bonds is 6. The summed E-state index contributed by atoms with van der Waals surface area (Å²) in [7, 11) is 2.78. The fourth-order valence-electron chi connectivity index (χ4n) is 2.34. The molecule has 0 aromatic heterocycles. The van der Waals surface area contributed by atoms with Crippen molar-refractivity contribution in [2.24, 2.45) is 0 Å². The predicted molar refractivity (Wildman–Crippen MR) is 93.8 cm³/mol. The van der Waals surface area contributed by atoms with Gasteiger partial charge in [-0.15, -0.1) is 0 Å². The SMILES string of the molecule is CC[C@@H](C)N1C(=O)S/C(=C/c2cc(OC)c(OC)cc2[N+](=O)[O-])C1=O. The van der Waals surface area contributed by atoms with Crippen molar-refractivity contribution >= 4 is 34.7 Å². The summed E-state index contributed by atoms with van der Waals surface area (Å²) in [5.74, 6) is 0.0491. The molecule has 134 valence electrons. The Morgan fingerprint density at radius 2 is 1.88 bits per heavy atom. The van der Waals surface area contributed by atoms with Crippen LogP contribution in [0.15, 0.2) is 17.0 Å². The summed E-state index contributed by atoms with van der Waals surface area (Å²) in [5.41, 5.74) is -0.0784. The molecule has 1 saturated heterocycles. The largest absolute Gasteiger partial charge is 0.493 e. The van der Waals surface area contributed by atoms with Gasteiger partial charge >= 0.3 is 0 Å². The number of benzene rings is 1. The molecule has 0 unspecified atom stereocenters. The Labute approximate surface area is 148 Å². The molecular weight excluding hydrogens is 348 g/mol. The van der Waals surface area contributed by atoms with Crippen LogP contribution in [0.1, 0.15) is 25.8 Å². The van der Waals surface area contributed by atoms with Gasteiger partial charge in [-0.3, -0.25) is 24.6 Å². The minimum absolute atomic E-state index is 0.139. The van der Waals surface area contributed by atoms with Crippen LogP contribution >= 0.6 is 11.8 Å². The van der Waals surface area contributed by atoms with E-state index >= 15 is 0 Å². The van der Waals surface area contributed by atoms with Gasteiger partial charge in [0, 0.05) is 6.04 Å². The molecule has 0 spiro atoms. The van der Waals surface area contributed by atoms with Gasteiger partial charge in [0.15, 0.2) is 11.5 Å². The number of nitro benzene ring substituents is 1. The van der Waals surface area contributed by atoms with Crippen LogP contribution in [0, 0.1) is 10.1 Å². The molecule has 0 N–H and O–H groups in total. The van der Waals surface area contributed by atoms with Gasteiger partial charge in [0.05, 0.1) is 35.7 Å². The molecule has 1 aromatic rings. The lowest BCUT2D eigenvalue weighted by Crippen LogP contribution is -2.36. The third-order valence-electron chi connectivity index (χ3n) is 3.87. The normalized spacial score (nSPS) is 17.1. The van der Waals surface area contributed by atoms with Crippen molar-refractivity contribution in [1.82, 2.24) is 4.90 Å². The van der Waals surface area contributed by atoms with E-state index in [2.05, 4.69) is 0 Å². The zero-order chi connectivity index (χ0) is 18.7. The fraction of sp³-hybridized carbons (Fsp3) is 0.375. The van der Waals surface area contributed by atoms with Gasteiger partial charge in [0.2, 0.25) is 0 Å². The topological polar surface area (TPSA) is 99.0 Å². The molecule has 1 atom stereocenters. The van der Waals surface area contributed by atoms with Crippen LogP contribution < -0.4 is 9.47 Å². The van der Waals surface area contributed by atoms with Crippen molar-refractivity contribution < 1.29 is 24.0 Å². The molecule has 0 bridgehead atoms. The lowest BCUT2D eigenvalue weighted by molar-refractivity contribution is -0.385. The molecule has 1 aliphatic heterocycles. The lowest BCUT2D eigenvalue weighted by Gasteiger charge is -2.19. The summed E-state index contributed by atoms with van der Waals surface area (Å²) >= 11 is 0.768. The van der Waals surface area contributed by atoms with E-state index in [-0.39, 0.29) is 33.2 Å². The number of carbonyl (C=O) groups excluding carboxylic acids is 2. The minimum atomic E-state index is -0.577. The van der Waals surface area contributed by atoms with E-state index in [9.17, 15) is 19.7 Å². The second-order valence-corrected chi connectivity index (χ2v) is 6.33. The van der Waals surface area contributed by atoms with Crippen LogP contribution in [0.3, 0.4) is 0 Å². The molecule has 1 aromatic carbocycles. The summed E-state index contributed by atoms with van der Waals surface area (Å²) in [5, 5.41) is 11.0. The van der Waals surface area contributed by atoms with Crippen LogP contribution in [-0.2, 0) is 4.79 Å². The van der Waals surface area contributed by atoms with E-state index in [4.69, 9.17) is 9.47 Å². The third-order valence-corrected chi connectivity index (χ3v) is 4.75. The Bertz CT molecular complexity index is 761. The molecular formula is C16H18N2O6S. The Morgan fingerprint density at radius 1 is 1.28 bits per heavy atom. The van der Waals surface area contributed by atoms with Crippen molar-refractivity contribution in [3.8, 4) is 11.5 Å². The molecule has 1 heterocycles. The number of nitro groups is 1. The molecule has 0 aliphatic carbocycles. The first-order valence-corrected chi connectivity index (χ1v) is 8.33. The van der Waals surface area contributed by atoms with Crippen LogP contribution in [0.4, 0.5) is 10.5 Å². The monoisotopic (exact) mass is 366 g/mol. The van der Waals surface area contributed by atoms with E-state index in [0.29, 0.717) is 12.2 Å². The fourth-order valence-corrected chi connectivity index (χ4v) is 3.26. The van der Waals surface area contributed by atoms with E-state index < -0.39 is 10.8 Å². The van der Waals surface area contributed by atoms with E-state index in [1.807, 2.05) is 6.92 Å². The van der Waals surface area contributed by atoms with Gasteiger partial charge in [0.25, 0.3) is 16.8 Å². The van der Waals surface area contributed by atoms with E-state index in [1.165, 1.54) is 37.3 Å². The van der Waals surface area contributed by atoms with Gasteiger partial charge in [-0.25, -0.2) is 0 Å². The second-order valence-electron chi connectivity index (χ2n) is 5.33. The van der Waals surface area contributed by atoms with Gasteiger partial charge in [0.1, 0.15) is 0 Å². The first kappa shape index (κ1) is 18.8. The number of methoxy groups -OCH3 is 2.